The van der Waals surface area contributed by atoms with Crippen LogP contribution in [0, 0.1) is 0 Å². The summed E-state index contributed by atoms with van der Waals surface area (Å²) in [5, 5.41) is 9.94. The molecule has 0 aromatic carbocycles. The molecule has 0 saturated heterocycles. The maximum Gasteiger partial charge on any atom is 0.192 e. The Morgan fingerprint density at radius 3 is 2.07 bits per heavy atom. The van der Waals surface area contributed by atoms with Crippen LogP contribution in [0.4, 0.5) is 0 Å². The molecule has 0 aliphatic carbocycles. The van der Waals surface area contributed by atoms with Gasteiger partial charge in [0.1, 0.15) is 6.10 Å². The van der Waals surface area contributed by atoms with E-state index in [-0.39, 0.29) is 11.1 Å². The van der Waals surface area contributed by atoms with Crippen LogP contribution in [0.3, 0.4) is 0 Å². The standard InChI is InChI=1S/C11H23BrO2Si/c1-8(12)10(13)9(2)14-15(6,7)11(3,4)5/h9-10,13H,1H2,2-7H3/t9-,10+/m0/s1. The van der Waals surface area contributed by atoms with Crippen LogP contribution >= 0.6 is 15.9 Å². The molecule has 2 nitrogen and oxygen atoms in total. The summed E-state index contributed by atoms with van der Waals surface area (Å²) >= 11 is 3.19. The predicted octanol–water partition coefficient (Wildman–Crippen LogP) is 3.67. The Hall–Kier alpha value is 0.357. The van der Waals surface area contributed by atoms with Crippen molar-refractivity contribution >= 4 is 24.2 Å². The van der Waals surface area contributed by atoms with Gasteiger partial charge in [-0.2, -0.15) is 0 Å². The minimum Gasteiger partial charge on any atom is -0.411 e. The van der Waals surface area contributed by atoms with Crippen molar-refractivity contribution < 1.29 is 9.53 Å². The summed E-state index contributed by atoms with van der Waals surface area (Å²) < 4.78 is 6.60. The van der Waals surface area contributed by atoms with Gasteiger partial charge in [0, 0.05) is 4.48 Å². The van der Waals surface area contributed by atoms with E-state index >= 15 is 0 Å². The van der Waals surface area contributed by atoms with Crippen molar-refractivity contribution in [1.29, 1.82) is 0 Å². The molecule has 0 radical (unpaired) electrons. The number of hydrogen-bond acceptors (Lipinski definition) is 2. The molecule has 0 bridgehead atoms. The normalized spacial score (nSPS) is 17.3. The Kier molecular flexibility index (Phi) is 5.25. The van der Waals surface area contributed by atoms with Gasteiger partial charge in [-0.25, -0.2) is 0 Å². The summed E-state index contributed by atoms with van der Waals surface area (Å²) in [6.07, 6.45) is -0.850. The third-order valence-electron chi connectivity index (χ3n) is 3.05. The smallest absolute Gasteiger partial charge is 0.192 e. The van der Waals surface area contributed by atoms with Crippen LogP contribution < -0.4 is 0 Å². The molecular formula is C11H23BrO2Si. The maximum atomic E-state index is 9.77. The molecule has 0 unspecified atom stereocenters. The Morgan fingerprint density at radius 1 is 1.40 bits per heavy atom. The van der Waals surface area contributed by atoms with Gasteiger partial charge < -0.3 is 9.53 Å². The zero-order valence-electron chi connectivity index (χ0n) is 10.6. The highest BCUT2D eigenvalue weighted by Crippen LogP contribution is 2.37. The number of hydrogen-bond donors (Lipinski definition) is 1. The first-order chi connectivity index (χ1) is 6.49. The fourth-order valence-electron chi connectivity index (χ4n) is 0.961. The van der Waals surface area contributed by atoms with Crippen molar-refractivity contribution in [2.75, 3.05) is 0 Å². The quantitative estimate of drug-likeness (QED) is 0.802. The summed E-state index contributed by atoms with van der Waals surface area (Å²) in [5.74, 6) is 0. The van der Waals surface area contributed by atoms with Gasteiger partial charge >= 0.3 is 0 Å². The van der Waals surface area contributed by atoms with Gasteiger partial charge in [0.15, 0.2) is 8.32 Å². The van der Waals surface area contributed by atoms with Gasteiger partial charge in [-0.1, -0.05) is 43.3 Å². The minimum absolute atomic E-state index is 0.161. The van der Waals surface area contributed by atoms with Crippen molar-refractivity contribution in [3.05, 3.63) is 11.1 Å². The van der Waals surface area contributed by atoms with E-state index in [1.165, 1.54) is 0 Å². The van der Waals surface area contributed by atoms with E-state index in [4.69, 9.17) is 4.43 Å². The fraction of sp³-hybridized carbons (Fsp3) is 0.818. The van der Waals surface area contributed by atoms with Crippen LogP contribution in [0.2, 0.25) is 18.1 Å². The molecule has 90 valence electrons. The van der Waals surface area contributed by atoms with E-state index in [1.54, 1.807) is 0 Å². The summed E-state index contributed by atoms with van der Waals surface area (Å²) in [5.41, 5.74) is 0. The van der Waals surface area contributed by atoms with Crippen molar-refractivity contribution in [3.8, 4) is 0 Å². The molecular weight excluding hydrogens is 272 g/mol. The molecule has 0 aromatic rings. The number of aliphatic hydroxyl groups is 1. The van der Waals surface area contributed by atoms with E-state index in [0.29, 0.717) is 4.48 Å². The van der Waals surface area contributed by atoms with E-state index in [2.05, 4.69) is 56.4 Å². The summed E-state index contributed by atoms with van der Waals surface area (Å²) in [6.45, 7) is 16.5. The molecule has 0 aromatic heterocycles. The summed E-state index contributed by atoms with van der Waals surface area (Å²) in [7, 11) is -1.80. The van der Waals surface area contributed by atoms with E-state index < -0.39 is 14.4 Å². The zero-order valence-corrected chi connectivity index (χ0v) is 13.2. The van der Waals surface area contributed by atoms with Crippen LogP contribution in [0.15, 0.2) is 11.1 Å². The minimum atomic E-state index is -1.80. The highest BCUT2D eigenvalue weighted by atomic mass is 79.9. The van der Waals surface area contributed by atoms with Gasteiger partial charge in [0.05, 0.1) is 6.10 Å². The number of aliphatic hydroxyl groups excluding tert-OH is 1. The lowest BCUT2D eigenvalue weighted by atomic mass is 10.2. The summed E-state index contributed by atoms with van der Waals surface area (Å²) in [4.78, 5) is 0. The maximum absolute atomic E-state index is 9.77. The fourth-order valence-corrected chi connectivity index (χ4v) is 2.74. The van der Waals surface area contributed by atoms with E-state index in [9.17, 15) is 5.11 Å². The molecule has 0 rings (SSSR count). The van der Waals surface area contributed by atoms with E-state index in [0.717, 1.165) is 0 Å². The first-order valence-electron chi connectivity index (χ1n) is 5.19. The van der Waals surface area contributed by atoms with Crippen LogP contribution in [0.25, 0.3) is 0 Å². The van der Waals surface area contributed by atoms with Gasteiger partial charge in [-0.05, 0) is 25.1 Å². The highest BCUT2D eigenvalue weighted by Gasteiger charge is 2.39. The molecule has 0 heterocycles. The molecule has 1 N–H and O–H groups in total. The molecule has 0 aliphatic heterocycles. The zero-order chi connectivity index (χ0) is 12.4. The Balaban J connectivity index is 4.54. The third kappa shape index (κ3) is 4.39. The number of halogens is 1. The second-order valence-corrected chi connectivity index (χ2v) is 11.2. The second-order valence-electron chi connectivity index (χ2n) is 5.47. The summed E-state index contributed by atoms with van der Waals surface area (Å²) in [6, 6.07) is 0. The average Bonchev–Trinajstić information content (AvgIpc) is 1.99. The lowest BCUT2D eigenvalue weighted by molar-refractivity contribution is 0.0677. The van der Waals surface area contributed by atoms with Crippen LogP contribution in [-0.4, -0.2) is 25.6 Å². The first kappa shape index (κ1) is 15.4. The first-order valence-corrected chi connectivity index (χ1v) is 8.89. The van der Waals surface area contributed by atoms with Crippen molar-refractivity contribution in [2.45, 2.75) is 58.0 Å². The van der Waals surface area contributed by atoms with Crippen LogP contribution in [0.5, 0.6) is 0 Å². The average molecular weight is 295 g/mol. The molecule has 4 heteroatoms. The Bertz CT molecular complexity index is 233. The molecule has 0 spiro atoms. The van der Waals surface area contributed by atoms with Gasteiger partial charge in [0.2, 0.25) is 0 Å². The largest absolute Gasteiger partial charge is 0.411 e. The molecule has 0 fully saturated rings. The molecule has 0 amide bonds. The molecule has 2 atom stereocenters. The Labute approximate surface area is 103 Å². The highest BCUT2D eigenvalue weighted by molar-refractivity contribution is 9.11. The van der Waals surface area contributed by atoms with Crippen molar-refractivity contribution in [1.82, 2.24) is 0 Å². The van der Waals surface area contributed by atoms with Gasteiger partial charge in [-0.15, -0.1) is 0 Å². The van der Waals surface area contributed by atoms with Crippen molar-refractivity contribution in [3.63, 3.8) is 0 Å². The predicted molar refractivity (Wildman–Crippen MR) is 71.8 cm³/mol. The second kappa shape index (κ2) is 5.12. The van der Waals surface area contributed by atoms with Gasteiger partial charge in [0.25, 0.3) is 0 Å². The monoisotopic (exact) mass is 294 g/mol. The molecule has 0 aliphatic rings. The molecule has 0 saturated carbocycles. The SMILES string of the molecule is C=C(Br)[C@@H](O)[C@H](C)O[Si](C)(C)C(C)(C)C. The van der Waals surface area contributed by atoms with Gasteiger partial charge in [-0.3, -0.25) is 0 Å². The third-order valence-corrected chi connectivity index (χ3v) is 8.09. The number of rotatable bonds is 4. The topological polar surface area (TPSA) is 29.5 Å². The molecule has 15 heavy (non-hydrogen) atoms. The van der Waals surface area contributed by atoms with Crippen LogP contribution in [-0.2, 0) is 4.43 Å². The van der Waals surface area contributed by atoms with Crippen molar-refractivity contribution in [2.24, 2.45) is 0 Å². The van der Waals surface area contributed by atoms with Crippen LogP contribution in [0.1, 0.15) is 27.7 Å². The van der Waals surface area contributed by atoms with E-state index in [1.807, 2.05) is 6.92 Å². The lowest BCUT2D eigenvalue weighted by Gasteiger charge is -2.39. The Morgan fingerprint density at radius 2 is 1.80 bits per heavy atom. The lowest BCUT2D eigenvalue weighted by Crippen LogP contribution is -2.46.